The lowest BCUT2D eigenvalue weighted by Gasteiger charge is -2.21. The first-order valence-electron chi connectivity index (χ1n) is 2.80. The summed E-state index contributed by atoms with van der Waals surface area (Å²) in [7, 11) is 0. The summed E-state index contributed by atoms with van der Waals surface area (Å²) in [6, 6.07) is 0. The highest BCUT2D eigenvalue weighted by atomic mass is 16.3. The Labute approximate surface area is 48.3 Å². The van der Waals surface area contributed by atoms with Gasteiger partial charge in [-0.1, -0.05) is 0 Å². The predicted molar refractivity (Wildman–Crippen MR) is 28.5 cm³/mol. The molecule has 1 aliphatic heterocycles. The van der Waals surface area contributed by atoms with Crippen molar-refractivity contribution in [2.24, 2.45) is 0 Å². The lowest BCUT2D eigenvalue weighted by atomic mass is 10.1. The maximum absolute atomic E-state index is 8.87. The van der Waals surface area contributed by atoms with Crippen LogP contribution in [-0.4, -0.2) is 35.5 Å². The highest BCUT2D eigenvalue weighted by Gasteiger charge is 2.19. The molecule has 47 valence electrons. The molecule has 0 aliphatic carbocycles. The van der Waals surface area contributed by atoms with E-state index in [1.54, 1.807) is 0 Å². The molecular formula is C5H10NO2. The van der Waals surface area contributed by atoms with Crippen molar-refractivity contribution in [1.29, 1.82) is 0 Å². The summed E-state index contributed by atoms with van der Waals surface area (Å²) in [5.41, 5.74) is 0. The van der Waals surface area contributed by atoms with Gasteiger partial charge < -0.3 is 10.2 Å². The van der Waals surface area contributed by atoms with Gasteiger partial charge in [-0.2, -0.15) is 0 Å². The molecule has 0 saturated carbocycles. The molecule has 0 unspecified atom stereocenters. The first-order chi connectivity index (χ1) is 3.80. The van der Waals surface area contributed by atoms with Gasteiger partial charge in [-0.15, -0.1) is 0 Å². The summed E-state index contributed by atoms with van der Waals surface area (Å²) in [6.07, 6.45) is -0.530. The van der Waals surface area contributed by atoms with E-state index in [0.29, 0.717) is 19.5 Å². The Hall–Kier alpha value is -0.120. The maximum Gasteiger partial charge on any atom is 0.0940 e. The number of nitrogens with zero attached hydrogens (tertiary/aromatic N) is 1. The van der Waals surface area contributed by atoms with E-state index in [0.717, 1.165) is 0 Å². The first-order valence-corrected chi connectivity index (χ1v) is 2.80. The largest absolute Gasteiger partial charge is 0.390 e. The van der Waals surface area contributed by atoms with E-state index in [-0.39, 0.29) is 0 Å². The van der Waals surface area contributed by atoms with E-state index in [4.69, 9.17) is 10.2 Å². The van der Waals surface area contributed by atoms with Gasteiger partial charge in [0.2, 0.25) is 0 Å². The highest BCUT2D eigenvalue weighted by molar-refractivity contribution is 4.75. The molecule has 1 fully saturated rings. The zero-order chi connectivity index (χ0) is 5.98. The smallest absolute Gasteiger partial charge is 0.0940 e. The van der Waals surface area contributed by atoms with Gasteiger partial charge in [-0.25, -0.2) is 5.32 Å². The summed E-state index contributed by atoms with van der Waals surface area (Å²) >= 11 is 0. The summed E-state index contributed by atoms with van der Waals surface area (Å²) in [5, 5.41) is 21.6. The van der Waals surface area contributed by atoms with Crippen molar-refractivity contribution in [3.05, 3.63) is 0 Å². The predicted octanol–water partition coefficient (Wildman–Crippen LogP) is -1.28. The third-order valence-corrected chi connectivity index (χ3v) is 1.34. The average molecular weight is 116 g/mol. The van der Waals surface area contributed by atoms with Crippen molar-refractivity contribution in [1.82, 2.24) is 5.32 Å². The van der Waals surface area contributed by atoms with Crippen LogP contribution in [0.3, 0.4) is 0 Å². The van der Waals surface area contributed by atoms with E-state index in [1.165, 1.54) is 0 Å². The third-order valence-electron chi connectivity index (χ3n) is 1.34. The molecule has 0 amide bonds. The molecule has 3 heteroatoms. The minimum atomic E-state index is -0.608. The molecule has 0 bridgehead atoms. The molecule has 0 aromatic carbocycles. The molecule has 3 nitrogen and oxygen atoms in total. The Kier molecular flexibility index (Phi) is 1.83. The zero-order valence-electron chi connectivity index (χ0n) is 4.62. The van der Waals surface area contributed by atoms with Crippen molar-refractivity contribution >= 4 is 0 Å². The Bertz CT molecular complexity index is 66.8. The minimum Gasteiger partial charge on any atom is -0.390 e. The van der Waals surface area contributed by atoms with Gasteiger partial charge in [-0.05, 0) is 6.42 Å². The molecule has 0 aromatic heterocycles. The van der Waals surface area contributed by atoms with Crippen molar-refractivity contribution in [2.75, 3.05) is 13.1 Å². The molecule has 8 heavy (non-hydrogen) atoms. The second-order valence-corrected chi connectivity index (χ2v) is 2.05. The Morgan fingerprint density at radius 2 is 2.00 bits per heavy atom. The zero-order valence-corrected chi connectivity index (χ0v) is 4.62. The monoisotopic (exact) mass is 116 g/mol. The topological polar surface area (TPSA) is 54.6 Å². The van der Waals surface area contributed by atoms with E-state index < -0.39 is 12.2 Å². The van der Waals surface area contributed by atoms with Gasteiger partial charge in [0.05, 0.1) is 12.2 Å². The summed E-state index contributed by atoms with van der Waals surface area (Å²) < 4.78 is 0. The van der Waals surface area contributed by atoms with Crippen molar-refractivity contribution < 1.29 is 10.2 Å². The second-order valence-electron chi connectivity index (χ2n) is 2.05. The SMILES string of the molecule is O[C@H]1CC[N]C[C@@H]1O. The Morgan fingerprint density at radius 3 is 2.38 bits per heavy atom. The Morgan fingerprint density at radius 1 is 1.25 bits per heavy atom. The molecule has 1 heterocycles. The van der Waals surface area contributed by atoms with E-state index in [2.05, 4.69) is 5.32 Å². The quantitative estimate of drug-likeness (QED) is 0.414. The molecule has 1 aliphatic rings. The molecule has 1 radical (unpaired) electrons. The standard InChI is InChI=1S/C5H10NO2/c7-4-1-2-6-3-5(4)8/h4-5,7-8H,1-3H2/t4-,5-/m0/s1. The van der Waals surface area contributed by atoms with Crippen LogP contribution in [0.4, 0.5) is 0 Å². The van der Waals surface area contributed by atoms with Crippen LogP contribution in [0.5, 0.6) is 0 Å². The molecule has 2 atom stereocenters. The molecule has 1 saturated heterocycles. The van der Waals surface area contributed by atoms with Gasteiger partial charge in [0, 0.05) is 13.1 Å². The lowest BCUT2D eigenvalue weighted by Crippen LogP contribution is -2.40. The van der Waals surface area contributed by atoms with Crippen LogP contribution in [0.2, 0.25) is 0 Å². The van der Waals surface area contributed by atoms with Crippen molar-refractivity contribution in [3.63, 3.8) is 0 Å². The summed E-state index contributed by atoms with van der Waals surface area (Å²) in [5.74, 6) is 0. The summed E-state index contributed by atoms with van der Waals surface area (Å²) in [6.45, 7) is 1.10. The minimum absolute atomic E-state index is 0.404. The van der Waals surface area contributed by atoms with E-state index >= 15 is 0 Å². The average Bonchev–Trinajstić information content (AvgIpc) is 1.77. The Balaban J connectivity index is 2.28. The molecule has 0 aromatic rings. The molecule has 0 spiro atoms. The summed E-state index contributed by atoms with van der Waals surface area (Å²) in [4.78, 5) is 0. The third kappa shape index (κ3) is 1.18. The van der Waals surface area contributed by atoms with Crippen LogP contribution in [-0.2, 0) is 0 Å². The number of hydrogen-bond donors (Lipinski definition) is 2. The lowest BCUT2D eigenvalue weighted by molar-refractivity contribution is -0.000591. The number of aliphatic hydroxyl groups excluding tert-OH is 2. The molecule has 1 rings (SSSR count). The van der Waals surface area contributed by atoms with Crippen LogP contribution in [0.25, 0.3) is 0 Å². The number of piperidine rings is 1. The van der Waals surface area contributed by atoms with Crippen molar-refractivity contribution in [3.8, 4) is 0 Å². The number of aliphatic hydroxyl groups is 2. The van der Waals surface area contributed by atoms with Crippen LogP contribution in [0.15, 0.2) is 0 Å². The van der Waals surface area contributed by atoms with Crippen LogP contribution in [0.1, 0.15) is 6.42 Å². The van der Waals surface area contributed by atoms with Crippen LogP contribution >= 0.6 is 0 Å². The molecule has 2 N–H and O–H groups in total. The van der Waals surface area contributed by atoms with Gasteiger partial charge >= 0.3 is 0 Å². The fraction of sp³-hybridized carbons (Fsp3) is 1.00. The number of hydrogen-bond acceptors (Lipinski definition) is 2. The van der Waals surface area contributed by atoms with E-state index in [1.807, 2.05) is 0 Å². The van der Waals surface area contributed by atoms with Crippen LogP contribution < -0.4 is 5.32 Å². The number of rotatable bonds is 0. The second kappa shape index (κ2) is 2.44. The molecular weight excluding hydrogens is 106 g/mol. The van der Waals surface area contributed by atoms with Gasteiger partial charge in [-0.3, -0.25) is 0 Å². The first kappa shape index (κ1) is 6.01. The van der Waals surface area contributed by atoms with Gasteiger partial charge in [0.1, 0.15) is 0 Å². The maximum atomic E-state index is 8.87. The fourth-order valence-electron chi connectivity index (χ4n) is 0.761. The van der Waals surface area contributed by atoms with E-state index in [9.17, 15) is 0 Å². The van der Waals surface area contributed by atoms with Gasteiger partial charge in [0.25, 0.3) is 0 Å². The van der Waals surface area contributed by atoms with Crippen LogP contribution in [0, 0.1) is 0 Å². The van der Waals surface area contributed by atoms with Crippen molar-refractivity contribution in [2.45, 2.75) is 18.6 Å². The highest BCUT2D eigenvalue weighted by Crippen LogP contribution is 2.02. The van der Waals surface area contributed by atoms with Gasteiger partial charge in [0.15, 0.2) is 0 Å². The fourth-order valence-corrected chi connectivity index (χ4v) is 0.761. The normalized spacial score (nSPS) is 39.8.